The molecule has 0 N–H and O–H groups in total. The van der Waals surface area contributed by atoms with Crippen LogP contribution in [-0.4, -0.2) is 58.7 Å². The Kier molecular flexibility index (Phi) is 3.45. The maximum absolute atomic E-state index is 12.7. The highest BCUT2D eigenvalue weighted by molar-refractivity contribution is 5.94. The van der Waals surface area contributed by atoms with E-state index in [0.717, 1.165) is 32.6 Å². The third-order valence-electron chi connectivity index (χ3n) is 5.00. The first-order chi connectivity index (χ1) is 11.1. The van der Waals surface area contributed by atoms with Gasteiger partial charge < -0.3 is 9.80 Å². The normalized spacial score (nSPS) is 20.0. The van der Waals surface area contributed by atoms with E-state index in [2.05, 4.69) is 29.2 Å². The van der Waals surface area contributed by atoms with Crippen LogP contribution < -0.4 is 0 Å². The van der Waals surface area contributed by atoms with E-state index in [-0.39, 0.29) is 5.91 Å². The van der Waals surface area contributed by atoms with E-state index >= 15 is 0 Å². The van der Waals surface area contributed by atoms with Gasteiger partial charge in [-0.2, -0.15) is 5.10 Å². The van der Waals surface area contributed by atoms with Crippen molar-refractivity contribution >= 4 is 5.91 Å². The molecule has 1 amide bonds. The molecule has 0 aliphatic carbocycles. The van der Waals surface area contributed by atoms with Crippen molar-refractivity contribution < 1.29 is 4.79 Å². The fraction of sp³-hybridized carbons (Fsp3) is 0.444. The van der Waals surface area contributed by atoms with Crippen LogP contribution in [0.2, 0.25) is 0 Å². The predicted molar refractivity (Wildman–Crippen MR) is 88.2 cm³/mol. The summed E-state index contributed by atoms with van der Waals surface area (Å²) in [7, 11) is 2.14. The average molecular weight is 310 g/mol. The van der Waals surface area contributed by atoms with Crippen LogP contribution in [-0.2, 0) is 6.54 Å². The molecule has 1 aromatic heterocycles. The number of hydrogen-bond acceptors (Lipinski definition) is 3. The molecule has 1 spiro atoms. The van der Waals surface area contributed by atoms with Crippen molar-refractivity contribution in [2.75, 3.05) is 33.2 Å². The first-order valence-corrected chi connectivity index (χ1v) is 8.18. The second-order valence-corrected chi connectivity index (χ2v) is 7.06. The van der Waals surface area contributed by atoms with Gasteiger partial charge in [0.15, 0.2) is 0 Å². The standard InChI is InChI=1S/C18H22N4O/c1-20-12-18(13-20)7-8-21(14-18)17(23)16-9-19-22(11-16)10-15-5-3-2-4-6-15/h2-6,9,11H,7-8,10,12-14H2,1H3. The molecule has 0 radical (unpaired) electrons. The van der Waals surface area contributed by atoms with E-state index in [4.69, 9.17) is 0 Å². The monoisotopic (exact) mass is 310 g/mol. The molecular weight excluding hydrogens is 288 g/mol. The minimum absolute atomic E-state index is 0.121. The topological polar surface area (TPSA) is 41.4 Å². The van der Waals surface area contributed by atoms with Crippen LogP contribution in [0, 0.1) is 5.41 Å². The van der Waals surface area contributed by atoms with Gasteiger partial charge in [0.2, 0.25) is 0 Å². The first-order valence-electron chi connectivity index (χ1n) is 8.18. The summed E-state index contributed by atoms with van der Waals surface area (Å²) in [5, 5.41) is 4.35. The molecule has 2 aromatic rings. The Hall–Kier alpha value is -2.14. The number of aromatic nitrogens is 2. The highest BCUT2D eigenvalue weighted by atomic mass is 16.2. The van der Waals surface area contributed by atoms with E-state index in [1.54, 1.807) is 6.20 Å². The predicted octanol–water partition coefficient (Wildman–Crippen LogP) is 1.71. The third-order valence-corrected chi connectivity index (χ3v) is 5.00. The number of carbonyl (C=O) groups excluding carboxylic acids is 1. The molecule has 5 heteroatoms. The fourth-order valence-electron chi connectivity index (χ4n) is 3.98. The molecule has 120 valence electrons. The second-order valence-electron chi connectivity index (χ2n) is 7.06. The molecule has 3 heterocycles. The van der Waals surface area contributed by atoms with Gasteiger partial charge in [0.25, 0.3) is 5.91 Å². The highest BCUT2D eigenvalue weighted by Gasteiger charge is 2.47. The summed E-state index contributed by atoms with van der Waals surface area (Å²) in [4.78, 5) is 17.0. The maximum atomic E-state index is 12.7. The number of rotatable bonds is 3. The SMILES string of the molecule is CN1CC2(CCN(C(=O)c3cnn(Cc4ccccc4)c3)C2)C1. The van der Waals surface area contributed by atoms with Crippen molar-refractivity contribution in [1.29, 1.82) is 0 Å². The van der Waals surface area contributed by atoms with E-state index in [1.165, 1.54) is 5.56 Å². The van der Waals surface area contributed by atoms with Crippen LogP contribution >= 0.6 is 0 Å². The zero-order chi connectivity index (χ0) is 15.9. The molecule has 0 bridgehead atoms. The highest BCUT2D eigenvalue weighted by Crippen LogP contribution is 2.38. The molecule has 4 rings (SSSR count). The summed E-state index contributed by atoms with van der Waals surface area (Å²) in [5.74, 6) is 0.121. The lowest BCUT2D eigenvalue weighted by molar-refractivity contribution is 0.0294. The summed E-state index contributed by atoms with van der Waals surface area (Å²) in [6, 6.07) is 10.2. The van der Waals surface area contributed by atoms with Gasteiger partial charge in [-0.3, -0.25) is 9.48 Å². The minimum Gasteiger partial charge on any atom is -0.338 e. The number of hydrogen-bond donors (Lipinski definition) is 0. The zero-order valence-electron chi connectivity index (χ0n) is 13.5. The fourth-order valence-corrected chi connectivity index (χ4v) is 3.98. The molecule has 2 saturated heterocycles. The molecule has 0 atom stereocenters. The van der Waals surface area contributed by atoms with Crippen molar-refractivity contribution in [2.24, 2.45) is 5.41 Å². The van der Waals surface area contributed by atoms with Crippen molar-refractivity contribution in [2.45, 2.75) is 13.0 Å². The Morgan fingerprint density at radius 1 is 1.22 bits per heavy atom. The second kappa shape index (κ2) is 5.49. The summed E-state index contributed by atoms with van der Waals surface area (Å²) >= 11 is 0. The maximum Gasteiger partial charge on any atom is 0.257 e. The van der Waals surface area contributed by atoms with E-state index < -0.39 is 0 Å². The molecular formula is C18H22N4O. The molecule has 0 unspecified atom stereocenters. The van der Waals surface area contributed by atoms with Crippen LogP contribution in [0.5, 0.6) is 0 Å². The number of likely N-dealkylation sites (tertiary alicyclic amines) is 2. The molecule has 2 fully saturated rings. The van der Waals surface area contributed by atoms with Crippen molar-refractivity contribution in [3.05, 3.63) is 53.9 Å². The molecule has 2 aliphatic rings. The third kappa shape index (κ3) is 2.77. The molecule has 5 nitrogen and oxygen atoms in total. The molecule has 1 aromatic carbocycles. The molecule has 2 aliphatic heterocycles. The number of benzene rings is 1. The Balaban J connectivity index is 1.42. The quantitative estimate of drug-likeness (QED) is 0.866. The van der Waals surface area contributed by atoms with E-state index in [0.29, 0.717) is 17.5 Å². The summed E-state index contributed by atoms with van der Waals surface area (Å²) in [5.41, 5.74) is 2.24. The number of amides is 1. The van der Waals surface area contributed by atoms with Gasteiger partial charge in [0.05, 0.1) is 18.3 Å². The van der Waals surface area contributed by atoms with Crippen LogP contribution in [0.15, 0.2) is 42.7 Å². The molecule has 0 saturated carbocycles. The van der Waals surface area contributed by atoms with Gasteiger partial charge in [-0.1, -0.05) is 30.3 Å². The van der Waals surface area contributed by atoms with Gasteiger partial charge in [-0.15, -0.1) is 0 Å². The minimum atomic E-state index is 0.121. The van der Waals surface area contributed by atoms with Gasteiger partial charge in [0, 0.05) is 37.8 Å². The summed E-state index contributed by atoms with van der Waals surface area (Å²) in [6.07, 6.45) is 4.69. The van der Waals surface area contributed by atoms with Crippen LogP contribution in [0.3, 0.4) is 0 Å². The van der Waals surface area contributed by atoms with Gasteiger partial charge in [-0.05, 0) is 19.0 Å². The lowest BCUT2D eigenvalue weighted by Crippen LogP contribution is -2.55. The van der Waals surface area contributed by atoms with Gasteiger partial charge in [-0.25, -0.2) is 0 Å². The van der Waals surface area contributed by atoms with Gasteiger partial charge in [0.1, 0.15) is 0 Å². The Morgan fingerprint density at radius 3 is 2.74 bits per heavy atom. The van der Waals surface area contributed by atoms with E-state index in [9.17, 15) is 4.79 Å². The van der Waals surface area contributed by atoms with Crippen molar-refractivity contribution in [3.8, 4) is 0 Å². The van der Waals surface area contributed by atoms with Crippen molar-refractivity contribution in [3.63, 3.8) is 0 Å². The van der Waals surface area contributed by atoms with Gasteiger partial charge >= 0.3 is 0 Å². The average Bonchev–Trinajstić information content (AvgIpc) is 3.15. The Labute approximate surface area is 136 Å². The van der Waals surface area contributed by atoms with E-state index in [1.807, 2.05) is 34.0 Å². The largest absolute Gasteiger partial charge is 0.338 e. The van der Waals surface area contributed by atoms with Crippen LogP contribution in [0.1, 0.15) is 22.3 Å². The molecule has 23 heavy (non-hydrogen) atoms. The zero-order valence-corrected chi connectivity index (χ0v) is 13.5. The lowest BCUT2D eigenvalue weighted by atomic mass is 9.79. The summed E-state index contributed by atoms with van der Waals surface area (Å²) < 4.78 is 1.84. The number of carbonyl (C=O) groups is 1. The lowest BCUT2D eigenvalue weighted by Gasteiger charge is -2.46. The van der Waals surface area contributed by atoms with Crippen molar-refractivity contribution in [1.82, 2.24) is 19.6 Å². The van der Waals surface area contributed by atoms with Crippen LogP contribution in [0.25, 0.3) is 0 Å². The first kappa shape index (κ1) is 14.5. The Bertz CT molecular complexity index is 703. The van der Waals surface area contributed by atoms with Crippen LogP contribution in [0.4, 0.5) is 0 Å². The Morgan fingerprint density at radius 2 is 2.00 bits per heavy atom. The summed E-state index contributed by atoms with van der Waals surface area (Å²) in [6.45, 7) is 4.69. The number of nitrogens with zero attached hydrogens (tertiary/aromatic N) is 4. The smallest absolute Gasteiger partial charge is 0.257 e.